The molecule has 0 fully saturated rings. The first-order valence-corrected chi connectivity index (χ1v) is 11.0. The van der Waals surface area contributed by atoms with Crippen molar-refractivity contribution in [3.05, 3.63) is 84.2 Å². The third kappa shape index (κ3) is 6.07. The van der Waals surface area contributed by atoms with E-state index in [0.717, 1.165) is 29.7 Å². The van der Waals surface area contributed by atoms with Crippen LogP contribution in [-0.4, -0.2) is 39.0 Å². The zero-order valence-electron chi connectivity index (χ0n) is 20.1. The lowest BCUT2D eigenvalue weighted by molar-refractivity contribution is 0.0127. The fraction of sp³-hybridized carbons (Fsp3) is 0.154. The van der Waals surface area contributed by atoms with Crippen molar-refractivity contribution in [2.24, 2.45) is 0 Å². The van der Waals surface area contributed by atoms with E-state index in [-0.39, 0.29) is 11.4 Å². The Morgan fingerprint density at radius 1 is 0.946 bits per heavy atom. The number of carbonyl (C=O) groups excluding carboxylic acids is 2. The molecule has 0 radical (unpaired) electrons. The standard InChI is InChI=1S/C26H22F2N6O3/c1-15-4-5-19(33-24(35)16-6-7-30-22(9-16)26(2,27)28)10-20(15)17-8-18(13-29-12-17)21-11-23(32-14-31-21)34-25(36)37-3/h4-14H,1-3H3,(H,33,35)(H,31,32,34,36). The van der Waals surface area contributed by atoms with Crippen LogP contribution in [0, 0.1) is 6.92 Å². The maximum atomic E-state index is 13.6. The average Bonchev–Trinajstić information content (AvgIpc) is 2.89. The first-order valence-electron chi connectivity index (χ1n) is 11.0. The van der Waals surface area contributed by atoms with Gasteiger partial charge >= 0.3 is 6.09 Å². The van der Waals surface area contributed by atoms with Crippen molar-refractivity contribution in [2.75, 3.05) is 17.7 Å². The lowest BCUT2D eigenvalue weighted by Gasteiger charge is -2.13. The highest BCUT2D eigenvalue weighted by Gasteiger charge is 2.27. The van der Waals surface area contributed by atoms with Gasteiger partial charge in [0, 0.05) is 54.0 Å². The van der Waals surface area contributed by atoms with E-state index in [0.29, 0.717) is 16.9 Å². The number of pyridine rings is 2. The molecule has 11 heteroatoms. The van der Waals surface area contributed by atoms with E-state index in [1.54, 1.807) is 30.6 Å². The topological polar surface area (TPSA) is 119 Å². The molecular weight excluding hydrogens is 482 g/mol. The molecule has 0 saturated heterocycles. The number of alkyl halides is 2. The maximum Gasteiger partial charge on any atom is 0.412 e. The number of aryl methyl sites for hydroxylation is 1. The summed E-state index contributed by atoms with van der Waals surface area (Å²) in [4.78, 5) is 40.5. The Balaban J connectivity index is 1.60. The predicted molar refractivity (Wildman–Crippen MR) is 133 cm³/mol. The quantitative estimate of drug-likeness (QED) is 0.358. The van der Waals surface area contributed by atoms with Crippen LogP contribution in [0.25, 0.3) is 22.4 Å². The summed E-state index contributed by atoms with van der Waals surface area (Å²) in [5, 5.41) is 5.24. The van der Waals surface area contributed by atoms with Gasteiger partial charge in [0.2, 0.25) is 0 Å². The van der Waals surface area contributed by atoms with E-state index in [1.165, 1.54) is 25.7 Å². The fourth-order valence-corrected chi connectivity index (χ4v) is 3.49. The van der Waals surface area contributed by atoms with Crippen LogP contribution in [0.2, 0.25) is 0 Å². The number of nitrogens with one attached hydrogen (secondary N) is 2. The first kappa shape index (κ1) is 25.3. The SMILES string of the molecule is COC(=O)Nc1cc(-c2cncc(-c3cc(NC(=O)c4ccnc(C(C)(F)F)c4)ccc3C)c2)ncn1. The first-order chi connectivity index (χ1) is 17.6. The van der Waals surface area contributed by atoms with Crippen molar-refractivity contribution in [3.63, 3.8) is 0 Å². The number of anilines is 2. The number of amides is 2. The van der Waals surface area contributed by atoms with Crippen LogP contribution < -0.4 is 10.6 Å². The van der Waals surface area contributed by atoms with Gasteiger partial charge in [-0.3, -0.25) is 20.1 Å². The molecule has 3 heterocycles. The fourth-order valence-electron chi connectivity index (χ4n) is 3.49. The maximum absolute atomic E-state index is 13.6. The van der Waals surface area contributed by atoms with Gasteiger partial charge in [0.1, 0.15) is 17.8 Å². The molecule has 4 aromatic rings. The second-order valence-corrected chi connectivity index (χ2v) is 8.17. The molecule has 0 aliphatic rings. The molecule has 0 bridgehead atoms. The van der Waals surface area contributed by atoms with E-state index in [4.69, 9.17) is 0 Å². The van der Waals surface area contributed by atoms with Crippen LogP contribution in [0.5, 0.6) is 0 Å². The van der Waals surface area contributed by atoms with Gasteiger partial charge in [0.15, 0.2) is 0 Å². The molecule has 2 amide bonds. The van der Waals surface area contributed by atoms with Gasteiger partial charge in [-0.25, -0.2) is 14.8 Å². The molecule has 0 aliphatic carbocycles. The van der Waals surface area contributed by atoms with Gasteiger partial charge in [0.05, 0.1) is 12.8 Å². The highest BCUT2D eigenvalue weighted by atomic mass is 19.3. The number of benzene rings is 1. The summed E-state index contributed by atoms with van der Waals surface area (Å²) in [5.74, 6) is -3.44. The Morgan fingerprint density at radius 3 is 2.49 bits per heavy atom. The summed E-state index contributed by atoms with van der Waals surface area (Å²) in [6, 6.07) is 11.2. The molecule has 0 unspecified atom stereocenters. The van der Waals surface area contributed by atoms with Gasteiger partial charge in [-0.1, -0.05) is 6.07 Å². The number of methoxy groups -OCH3 is 1. The molecule has 2 N–H and O–H groups in total. The Bertz CT molecular complexity index is 1470. The number of rotatable bonds is 6. The number of hydrogen-bond acceptors (Lipinski definition) is 7. The average molecular weight is 504 g/mol. The molecule has 3 aromatic heterocycles. The molecule has 0 saturated carbocycles. The van der Waals surface area contributed by atoms with Crippen LogP contribution in [0.15, 0.2) is 67.4 Å². The minimum atomic E-state index is -3.16. The van der Waals surface area contributed by atoms with Crippen molar-refractivity contribution in [3.8, 4) is 22.4 Å². The van der Waals surface area contributed by atoms with E-state index in [9.17, 15) is 18.4 Å². The molecular formula is C26H22F2N6O3. The number of aromatic nitrogens is 4. The summed E-state index contributed by atoms with van der Waals surface area (Å²) in [7, 11) is 1.25. The van der Waals surface area contributed by atoms with Crippen LogP contribution >= 0.6 is 0 Å². The van der Waals surface area contributed by atoms with E-state index in [1.807, 2.05) is 19.1 Å². The number of ether oxygens (including phenoxy) is 1. The largest absolute Gasteiger partial charge is 0.453 e. The van der Waals surface area contributed by atoms with E-state index < -0.39 is 23.6 Å². The molecule has 188 valence electrons. The Kier molecular flexibility index (Phi) is 7.14. The number of halogens is 2. The van der Waals surface area contributed by atoms with Crippen molar-refractivity contribution < 1.29 is 23.1 Å². The Morgan fingerprint density at radius 2 is 1.73 bits per heavy atom. The molecule has 4 rings (SSSR count). The van der Waals surface area contributed by atoms with Gasteiger partial charge in [0.25, 0.3) is 11.8 Å². The van der Waals surface area contributed by atoms with Crippen LogP contribution in [0.3, 0.4) is 0 Å². The highest BCUT2D eigenvalue weighted by molar-refractivity contribution is 6.04. The monoisotopic (exact) mass is 504 g/mol. The van der Waals surface area contributed by atoms with E-state index >= 15 is 0 Å². The third-order valence-electron chi connectivity index (χ3n) is 5.39. The van der Waals surface area contributed by atoms with Gasteiger partial charge in [-0.2, -0.15) is 8.78 Å². The second kappa shape index (κ2) is 10.4. The zero-order chi connectivity index (χ0) is 26.6. The second-order valence-electron chi connectivity index (χ2n) is 8.17. The summed E-state index contributed by atoms with van der Waals surface area (Å²) in [6.07, 6.45) is 5.13. The molecule has 0 aliphatic heterocycles. The summed E-state index contributed by atoms with van der Waals surface area (Å²) < 4.78 is 31.8. The van der Waals surface area contributed by atoms with Gasteiger partial charge in [-0.15, -0.1) is 0 Å². The van der Waals surface area contributed by atoms with Gasteiger partial charge in [-0.05, 0) is 48.4 Å². The third-order valence-corrected chi connectivity index (χ3v) is 5.39. The lowest BCUT2D eigenvalue weighted by atomic mass is 9.99. The van der Waals surface area contributed by atoms with Crippen molar-refractivity contribution in [2.45, 2.75) is 19.8 Å². The smallest absolute Gasteiger partial charge is 0.412 e. The zero-order valence-corrected chi connectivity index (χ0v) is 20.1. The number of nitrogens with zero attached hydrogens (tertiary/aromatic N) is 4. The summed E-state index contributed by atoms with van der Waals surface area (Å²) in [6.45, 7) is 2.64. The summed E-state index contributed by atoms with van der Waals surface area (Å²) in [5.41, 5.74) is 3.73. The number of hydrogen-bond donors (Lipinski definition) is 2. The summed E-state index contributed by atoms with van der Waals surface area (Å²) >= 11 is 0. The molecule has 37 heavy (non-hydrogen) atoms. The Hall–Kier alpha value is -4.80. The number of carbonyl (C=O) groups is 2. The van der Waals surface area contributed by atoms with Crippen molar-refractivity contribution in [1.29, 1.82) is 0 Å². The molecule has 0 spiro atoms. The molecule has 1 aromatic carbocycles. The minimum Gasteiger partial charge on any atom is -0.453 e. The normalized spacial score (nSPS) is 11.1. The minimum absolute atomic E-state index is 0.0671. The highest BCUT2D eigenvalue weighted by Crippen LogP contribution is 2.30. The van der Waals surface area contributed by atoms with Crippen molar-refractivity contribution >= 4 is 23.5 Å². The van der Waals surface area contributed by atoms with Crippen LogP contribution in [0.4, 0.5) is 25.1 Å². The van der Waals surface area contributed by atoms with Gasteiger partial charge < -0.3 is 10.1 Å². The van der Waals surface area contributed by atoms with Crippen molar-refractivity contribution in [1.82, 2.24) is 19.9 Å². The lowest BCUT2D eigenvalue weighted by Crippen LogP contribution is -2.15. The molecule has 9 nitrogen and oxygen atoms in total. The van der Waals surface area contributed by atoms with E-state index in [2.05, 4.69) is 35.3 Å². The van der Waals surface area contributed by atoms with Crippen LogP contribution in [0.1, 0.15) is 28.5 Å². The predicted octanol–water partition coefficient (Wildman–Crippen LogP) is 5.45. The van der Waals surface area contributed by atoms with Crippen LogP contribution in [-0.2, 0) is 10.7 Å². The Labute approximate surface area is 211 Å². The molecule has 0 atom stereocenters.